The number of hydrogen-bond donors (Lipinski definition) is 15. The summed E-state index contributed by atoms with van der Waals surface area (Å²) in [6.45, 7) is -1.69. The zero-order valence-electron chi connectivity index (χ0n) is 39.2. The van der Waals surface area contributed by atoms with Crippen molar-refractivity contribution >= 4 is 80.4 Å². The summed E-state index contributed by atoms with van der Waals surface area (Å²) in [5.74, 6) is -26.1. The maximum atomic E-state index is 14.2. The Hall–Kier alpha value is -9.04. The summed E-state index contributed by atoms with van der Waals surface area (Å²) in [7, 11) is -28.0. The first kappa shape index (κ1) is 62.2. The van der Waals surface area contributed by atoms with Gasteiger partial charge in [0, 0.05) is 0 Å². The predicted octanol–water partition coefficient (Wildman–Crippen LogP) is -0.608. The number of benzene rings is 5. The van der Waals surface area contributed by atoms with Crippen molar-refractivity contribution in [3.8, 4) is 57.5 Å². The molecule has 36 nitrogen and oxygen atoms in total. The molecule has 0 saturated carbocycles. The molecule has 15 N–H and O–H groups in total. The molecular weight excluding hydrogens is 1230 g/mol. The van der Waals surface area contributed by atoms with Gasteiger partial charge in [-0.15, -0.1) is 0 Å². The Kier molecular flexibility index (Phi) is 16.8. The standard InChI is InChI=1S/C41H32O36S5/c42-17-1-13(7-24(28(17)48)78(57,58)59)36(52)72-11-23-32(74-38(54)14-2-18(43)29(49)25(8-14)79(60,61)62)33(75-37(53)12-5-21(46)35(22(47)6-12)82(69,70)71)34(76-39(55)15-3-19(44)30(50)26(9-15)80(63,64)65)41(73-23)77-40(56)16-4-20(45)31(51)27(10-16)81(66,67)68/h1-10,23,32-34,41-51H,11H2,(H,57,58,59)(H,60,61,62)(H,63,64,65)(H,66,67,68)(H,69,70,71)/t23-,32-,33+,34-,41+/m1/s1. The summed E-state index contributed by atoms with van der Waals surface area (Å²) in [5.41, 5.74) is -6.24. The molecular formula is C41H32O36S5. The van der Waals surface area contributed by atoms with Crippen LogP contribution >= 0.6 is 0 Å². The van der Waals surface area contributed by atoms with E-state index in [2.05, 4.69) is 0 Å². The molecule has 0 aliphatic carbocycles. The second kappa shape index (κ2) is 22.1. The summed E-state index contributed by atoms with van der Waals surface area (Å²) < 4.78 is 201. The second-order valence-corrected chi connectivity index (χ2v) is 23.2. The first-order valence-electron chi connectivity index (χ1n) is 20.8. The molecule has 0 amide bonds. The minimum atomic E-state index is -5.65. The van der Waals surface area contributed by atoms with Crippen LogP contribution in [0.15, 0.2) is 85.1 Å². The zero-order chi connectivity index (χ0) is 61.8. The van der Waals surface area contributed by atoms with Crippen molar-refractivity contribution in [2.24, 2.45) is 0 Å². The maximum Gasteiger partial charge on any atom is 0.340 e. The van der Waals surface area contributed by atoms with E-state index in [-0.39, 0.29) is 54.6 Å². The van der Waals surface area contributed by atoms with Crippen LogP contribution < -0.4 is 0 Å². The van der Waals surface area contributed by atoms with Crippen LogP contribution in [-0.4, -0.2) is 183 Å². The number of ether oxygens (including phenoxy) is 6. The van der Waals surface area contributed by atoms with Gasteiger partial charge in [-0.1, -0.05) is 0 Å². The molecule has 1 aliphatic rings. The van der Waals surface area contributed by atoms with Crippen LogP contribution in [0.5, 0.6) is 57.5 Å². The third-order valence-corrected chi connectivity index (χ3v) is 15.1. The Balaban J connectivity index is 1.64. The number of aromatic hydroxyl groups is 10. The van der Waals surface area contributed by atoms with Gasteiger partial charge in [-0.3, -0.25) is 22.8 Å². The number of carbonyl (C=O) groups is 5. The zero-order valence-corrected chi connectivity index (χ0v) is 43.3. The molecule has 1 heterocycles. The van der Waals surface area contributed by atoms with E-state index >= 15 is 0 Å². The van der Waals surface area contributed by atoms with Crippen LogP contribution in [0.1, 0.15) is 51.8 Å². The Morgan fingerprint density at radius 3 is 0.939 bits per heavy atom. The largest absolute Gasteiger partial charge is 0.506 e. The molecule has 41 heteroatoms. The van der Waals surface area contributed by atoms with Crippen molar-refractivity contribution in [3.05, 3.63) is 88.5 Å². The van der Waals surface area contributed by atoms with Gasteiger partial charge in [0.25, 0.3) is 40.5 Å². The Morgan fingerprint density at radius 2 is 0.622 bits per heavy atom. The first-order valence-corrected chi connectivity index (χ1v) is 28.0. The van der Waals surface area contributed by atoms with Crippen molar-refractivity contribution in [1.82, 2.24) is 0 Å². The van der Waals surface area contributed by atoms with E-state index in [0.29, 0.717) is 6.07 Å². The molecule has 0 radical (unpaired) electrons. The Labute approximate surface area is 454 Å². The Bertz CT molecular complexity index is 4110. The summed E-state index contributed by atoms with van der Waals surface area (Å²) in [6.07, 6.45) is -14.8. The first-order chi connectivity index (χ1) is 37.5. The van der Waals surface area contributed by atoms with E-state index in [0.717, 1.165) is 0 Å². The molecule has 0 spiro atoms. The third-order valence-electron chi connectivity index (χ3n) is 10.7. The lowest BCUT2D eigenvalue weighted by Gasteiger charge is -2.43. The summed E-state index contributed by atoms with van der Waals surface area (Å²) in [5, 5.41) is 103. The van der Waals surface area contributed by atoms with Gasteiger partial charge in [0.2, 0.25) is 12.4 Å². The molecule has 5 aromatic carbocycles. The van der Waals surface area contributed by atoms with Crippen LogP contribution in [0.25, 0.3) is 0 Å². The molecule has 442 valence electrons. The quantitative estimate of drug-likeness (QED) is 0.0254. The van der Waals surface area contributed by atoms with Crippen LogP contribution in [0.3, 0.4) is 0 Å². The van der Waals surface area contributed by atoms with Crippen molar-refractivity contribution < 1.29 is 168 Å². The molecule has 5 aromatic rings. The van der Waals surface area contributed by atoms with E-state index < -0.39 is 228 Å². The molecule has 1 saturated heterocycles. The Morgan fingerprint density at radius 1 is 0.354 bits per heavy atom. The van der Waals surface area contributed by atoms with Crippen LogP contribution in [0.2, 0.25) is 0 Å². The molecule has 6 rings (SSSR count). The predicted molar refractivity (Wildman–Crippen MR) is 250 cm³/mol. The van der Waals surface area contributed by atoms with Gasteiger partial charge in [-0.2, -0.15) is 42.1 Å². The lowest BCUT2D eigenvalue weighted by atomic mass is 9.97. The van der Waals surface area contributed by atoms with Gasteiger partial charge in [-0.25, -0.2) is 24.0 Å². The average molecular weight is 1260 g/mol. The van der Waals surface area contributed by atoms with E-state index in [1.165, 1.54) is 0 Å². The van der Waals surface area contributed by atoms with Crippen LogP contribution in [0, 0.1) is 0 Å². The van der Waals surface area contributed by atoms with Crippen molar-refractivity contribution in [1.29, 1.82) is 0 Å². The van der Waals surface area contributed by atoms with Crippen molar-refractivity contribution in [2.75, 3.05) is 6.61 Å². The molecule has 5 atom stereocenters. The molecule has 0 aromatic heterocycles. The van der Waals surface area contributed by atoms with Crippen LogP contribution in [0.4, 0.5) is 0 Å². The average Bonchev–Trinajstić information content (AvgIpc) is 3.41. The van der Waals surface area contributed by atoms with E-state index in [4.69, 9.17) is 28.4 Å². The minimum Gasteiger partial charge on any atom is -0.506 e. The fraction of sp³-hybridized carbons (Fsp3) is 0.146. The number of rotatable bonds is 16. The van der Waals surface area contributed by atoms with Crippen LogP contribution in [-0.2, 0) is 79.0 Å². The van der Waals surface area contributed by atoms with Gasteiger partial charge in [0.05, 0.1) is 27.8 Å². The highest BCUT2D eigenvalue weighted by Gasteiger charge is 2.55. The highest BCUT2D eigenvalue weighted by molar-refractivity contribution is 7.87. The monoisotopic (exact) mass is 1260 g/mol. The van der Waals surface area contributed by atoms with E-state index in [1.807, 2.05) is 0 Å². The SMILES string of the molecule is O=C(OC[C@H]1O[C@@H](OC(=O)c2cc(O)c(O)c(S(=O)(=O)O)c2)[C@H](OC(=O)c2cc(O)c(O)c(S(=O)(=O)O)c2)[C@@H](OC(=O)c2cc(O)c(S(=O)(=O)O)c(O)c2)[C@@H]1OC(=O)c1cc(O)c(O)c(S(=O)(=O)O)c1)c1cc(O)c(O)c(S(=O)(=O)O)c1. The molecule has 82 heavy (non-hydrogen) atoms. The van der Waals surface area contributed by atoms with Gasteiger partial charge in [-0.05, 0) is 60.7 Å². The second-order valence-electron chi connectivity index (χ2n) is 16.2. The highest BCUT2D eigenvalue weighted by atomic mass is 32.2. The van der Waals surface area contributed by atoms with E-state index in [1.54, 1.807) is 0 Å². The van der Waals surface area contributed by atoms with Crippen molar-refractivity contribution in [2.45, 2.75) is 55.2 Å². The molecule has 0 unspecified atom stereocenters. The topological polar surface area (TPSA) is 615 Å². The summed E-state index contributed by atoms with van der Waals surface area (Å²) in [6, 6.07) is 1.54. The number of hydrogen-bond acceptors (Lipinski definition) is 31. The normalized spacial score (nSPS) is 17.7. The third kappa shape index (κ3) is 13.2. The molecule has 0 bridgehead atoms. The van der Waals surface area contributed by atoms with Crippen molar-refractivity contribution in [3.63, 3.8) is 0 Å². The number of phenolic OH excluding ortho intramolecular Hbond substituents is 10. The highest BCUT2D eigenvalue weighted by Crippen LogP contribution is 2.41. The molecule has 1 aliphatic heterocycles. The maximum absolute atomic E-state index is 14.2. The fourth-order valence-electron chi connectivity index (χ4n) is 7.11. The van der Waals surface area contributed by atoms with Gasteiger partial charge in [0.1, 0.15) is 43.8 Å². The molecule has 1 fully saturated rings. The minimum absolute atomic E-state index is 0.0647. The van der Waals surface area contributed by atoms with Gasteiger partial charge < -0.3 is 79.5 Å². The summed E-state index contributed by atoms with van der Waals surface area (Å²) >= 11 is 0. The fourth-order valence-corrected chi connectivity index (χ4v) is 10.3. The van der Waals surface area contributed by atoms with Gasteiger partial charge in [0.15, 0.2) is 63.1 Å². The number of phenols is 10. The lowest BCUT2D eigenvalue weighted by molar-refractivity contribution is -0.282. The summed E-state index contributed by atoms with van der Waals surface area (Å²) in [4.78, 5) is 61.8. The van der Waals surface area contributed by atoms with Gasteiger partial charge >= 0.3 is 40.0 Å². The van der Waals surface area contributed by atoms with E-state index in [9.17, 15) is 140 Å². The number of esters is 5. The smallest absolute Gasteiger partial charge is 0.340 e. The lowest BCUT2D eigenvalue weighted by Crippen LogP contribution is -2.63. The number of carbonyl (C=O) groups excluding carboxylic acids is 5.